The van der Waals surface area contributed by atoms with Gasteiger partial charge in [0.25, 0.3) is 5.56 Å². The quantitative estimate of drug-likeness (QED) is 0.546. The normalized spacial score (nSPS) is 10.1. The molecule has 6 heteroatoms. The molecule has 134 valence electrons. The zero-order valence-electron chi connectivity index (χ0n) is 14.3. The van der Waals surface area contributed by atoms with Gasteiger partial charge in [0.15, 0.2) is 5.78 Å². The Labute approximate surface area is 160 Å². The van der Waals surface area contributed by atoms with Gasteiger partial charge in [-0.3, -0.25) is 14.6 Å². The van der Waals surface area contributed by atoms with Crippen molar-refractivity contribution in [1.29, 1.82) is 0 Å². The monoisotopic (exact) mass is 377 g/mol. The molecule has 0 radical (unpaired) electrons. The van der Waals surface area contributed by atoms with Crippen LogP contribution >= 0.6 is 11.6 Å². The van der Waals surface area contributed by atoms with Gasteiger partial charge in [-0.15, -0.1) is 0 Å². The Balaban J connectivity index is 0.000000253. The summed E-state index contributed by atoms with van der Waals surface area (Å²) in [4.78, 5) is 34.8. The first-order valence-electron chi connectivity index (χ1n) is 8.25. The van der Waals surface area contributed by atoms with Gasteiger partial charge in [-0.1, -0.05) is 41.9 Å². The molecule has 27 heavy (non-hydrogen) atoms. The highest BCUT2D eigenvalue weighted by molar-refractivity contribution is 6.30. The Morgan fingerprint density at radius 1 is 0.926 bits per heavy atom. The lowest BCUT2D eigenvalue weighted by Crippen LogP contribution is -2.15. The van der Waals surface area contributed by atoms with E-state index < -0.39 is 0 Å². The number of Topliss-reactive ketones (excluding diaryl/α,β-unsaturated/α-hetero) is 1. The number of halogens is 1. The third-order valence-electron chi connectivity index (χ3n) is 3.73. The summed E-state index contributed by atoms with van der Waals surface area (Å²) in [7, 11) is 0. The molecule has 0 aliphatic heterocycles. The van der Waals surface area contributed by atoms with Gasteiger partial charge in [-0.25, -0.2) is 4.98 Å². The number of benzene rings is 2. The Bertz CT molecular complexity index is 1100. The predicted octanol–water partition coefficient (Wildman–Crippen LogP) is 4.08. The number of ketones is 1. The third-order valence-corrected chi connectivity index (χ3v) is 3.98. The van der Waals surface area contributed by atoms with Gasteiger partial charge < -0.3 is 4.98 Å². The highest BCUT2D eigenvalue weighted by Gasteiger charge is 2.10. The summed E-state index contributed by atoms with van der Waals surface area (Å²) >= 11 is 5.54. The molecule has 5 nitrogen and oxygen atoms in total. The summed E-state index contributed by atoms with van der Waals surface area (Å²) in [5.41, 5.74) is 0.915. The number of H-pyrrole nitrogens is 1. The molecule has 0 bridgehead atoms. The van der Waals surface area contributed by atoms with E-state index in [0.29, 0.717) is 22.3 Å². The summed E-state index contributed by atoms with van der Waals surface area (Å²) in [5.74, 6) is 0.265. The molecule has 0 aliphatic carbocycles. The van der Waals surface area contributed by atoms with Crippen molar-refractivity contribution in [3.63, 3.8) is 0 Å². The molecule has 2 aromatic heterocycles. The van der Waals surface area contributed by atoms with Gasteiger partial charge in [0, 0.05) is 23.0 Å². The molecule has 0 fully saturated rings. The average Bonchev–Trinajstić information content (AvgIpc) is 2.70. The van der Waals surface area contributed by atoms with Crippen molar-refractivity contribution >= 4 is 28.3 Å². The van der Waals surface area contributed by atoms with Gasteiger partial charge >= 0.3 is 0 Å². The van der Waals surface area contributed by atoms with Crippen LogP contribution in [-0.2, 0) is 6.42 Å². The smallest absolute Gasteiger partial charge is 0.258 e. The summed E-state index contributed by atoms with van der Waals surface area (Å²) < 4.78 is 0. The number of nitrogens with one attached hydrogen (secondary N) is 1. The number of hydrogen-bond acceptors (Lipinski definition) is 4. The van der Waals surface area contributed by atoms with Crippen molar-refractivity contribution in [2.45, 2.75) is 6.42 Å². The molecule has 1 N–H and O–H groups in total. The molecular formula is C21H16ClN3O2. The number of rotatable bonds is 3. The average molecular weight is 378 g/mol. The molecule has 0 amide bonds. The summed E-state index contributed by atoms with van der Waals surface area (Å²) in [5, 5.41) is 1.31. The van der Waals surface area contributed by atoms with E-state index in [9.17, 15) is 9.59 Å². The Morgan fingerprint density at radius 3 is 2.26 bits per heavy atom. The fourth-order valence-corrected chi connectivity index (χ4v) is 2.57. The van der Waals surface area contributed by atoms with Crippen LogP contribution in [0.15, 0.2) is 83.9 Å². The molecule has 4 rings (SSSR count). The number of hydrogen-bond donors (Lipinski definition) is 1. The largest absolute Gasteiger partial charge is 0.310 e. The van der Waals surface area contributed by atoms with Crippen molar-refractivity contribution in [3.05, 3.63) is 106 Å². The first-order valence-corrected chi connectivity index (χ1v) is 8.63. The Hall–Kier alpha value is -3.31. The standard InChI is InChI=1S/C15H11N3O2.C6H5Cl/c19-13(10-5-7-16-8-6-10)9-14-17-12-4-2-1-3-11(12)15(20)18-14;7-6-4-2-1-3-5-6/h1-8H,9H2,(H,17,18,20);1-5H. The minimum atomic E-state index is -0.229. The van der Waals surface area contributed by atoms with Crippen molar-refractivity contribution < 1.29 is 4.79 Å². The first kappa shape index (κ1) is 18.5. The van der Waals surface area contributed by atoms with E-state index in [1.807, 2.05) is 36.4 Å². The summed E-state index contributed by atoms with van der Waals surface area (Å²) in [6, 6.07) is 19.8. The van der Waals surface area contributed by atoms with Crippen LogP contribution in [0.25, 0.3) is 10.9 Å². The van der Waals surface area contributed by atoms with Gasteiger partial charge in [-0.05, 0) is 36.4 Å². The van der Waals surface area contributed by atoms with Gasteiger partial charge in [0.05, 0.1) is 17.3 Å². The number of aromatic amines is 1. The van der Waals surface area contributed by atoms with Crippen LogP contribution in [-0.4, -0.2) is 20.7 Å². The highest BCUT2D eigenvalue weighted by atomic mass is 35.5. The van der Waals surface area contributed by atoms with E-state index in [2.05, 4.69) is 15.0 Å². The van der Waals surface area contributed by atoms with Crippen LogP contribution in [0.2, 0.25) is 5.02 Å². The number of carbonyl (C=O) groups is 1. The predicted molar refractivity (Wildman–Crippen MR) is 106 cm³/mol. The molecule has 0 atom stereocenters. The Morgan fingerprint density at radius 2 is 1.59 bits per heavy atom. The van der Waals surface area contributed by atoms with Crippen molar-refractivity contribution in [1.82, 2.24) is 15.0 Å². The van der Waals surface area contributed by atoms with E-state index in [-0.39, 0.29) is 17.8 Å². The highest BCUT2D eigenvalue weighted by Crippen LogP contribution is 2.08. The number of aromatic nitrogens is 3. The van der Waals surface area contributed by atoms with Crippen LogP contribution in [0.4, 0.5) is 0 Å². The van der Waals surface area contributed by atoms with Crippen molar-refractivity contribution in [2.24, 2.45) is 0 Å². The second-order valence-corrected chi connectivity index (χ2v) is 6.10. The lowest BCUT2D eigenvalue weighted by Gasteiger charge is -2.02. The molecule has 4 aromatic rings. The lowest BCUT2D eigenvalue weighted by atomic mass is 10.1. The molecule has 0 spiro atoms. The molecule has 0 unspecified atom stereocenters. The number of nitrogens with zero attached hydrogens (tertiary/aromatic N) is 2. The van der Waals surface area contributed by atoms with E-state index >= 15 is 0 Å². The summed E-state index contributed by atoms with van der Waals surface area (Å²) in [6.45, 7) is 0. The molecule has 0 saturated heterocycles. The first-order chi connectivity index (χ1) is 13.1. The van der Waals surface area contributed by atoms with Crippen molar-refractivity contribution in [3.8, 4) is 0 Å². The molecule has 0 aliphatic rings. The molecular weight excluding hydrogens is 362 g/mol. The van der Waals surface area contributed by atoms with E-state index in [1.54, 1.807) is 42.7 Å². The summed E-state index contributed by atoms with van der Waals surface area (Å²) in [6.07, 6.45) is 3.18. The van der Waals surface area contributed by atoms with Gasteiger partial charge in [-0.2, -0.15) is 0 Å². The van der Waals surface area contributed by atoms with Crippen LogP contribution < -0.4 is 5.56 Å². The second-order valence-electron chi connectivity index (χ2n) is 5.66. The zero-order chi connectivity index (χ0) is 19.1. The minimum Gasteiger partial charge on any atom is -0.310 e. The number of para-hydroxylation sites is 1. The van der Waals surface area contributed by atoms with Crippen LogP contribution in [0.3, 0.4) is 0 Å². The SMILES string of the molecule is Clc1ccccc1.O=C(Cc1nc2ccccc2c(=O)[nH]1)c1ccncc1. The molecule has 0 saturated carbocycles. The second kappa shape index (κ2) is 8.87. The zero-order valence-corrected chi connectivity index (χ0v) is 15.1. The van der Waals surface area contributed by atoms with Gasteiger partial charge in [0.1, 0.15) is 5.82 Å². The maximum Gasteiger partial charge on any atom is 0.258 e. The van der Waals surface area contributed by atoms with Crippen LogP contribution in [0.1, 0.15) is 16.2 Å². The van der Waals surface area contributed by atoms with E-state index in [4.69, 9.17) is 11.6 Å². The maximum atomic E-state index is 12.1. The third kappa shape index (κ3) is 5.09. The number of pyridine rings is 1. The molecule has 2 aromatic carbocycles. The van der Waals surface area contributed by atoms with Crippen LogP contribution in [0, 0.1) is 0 Å². The Kier molecular flexibility index (Phi) is 6.07. The number of fused-ring (bicyclic) bond motifs is 1. The minimum absolute atomic E-state index is 0.0596. The van der Waals surface area contributed by atoms with E-state index in [0.717, 1.165) is 5.02 Å². The topological polar surface area (TPSA) is 75.7 Å². The fraction of sp³-hybridized carbons (Fsp3) is 0.0476. The van der Waals surface area contributed by atoms with Crippen molar-refractivity contribution in [2.75, 3.05) is 0 Å². The maximum absolute atomic E-state index is 12.1. The molecule has 2 heterocycles. The van der Waals surface area contributed by atoms with Gasteiger partial charge in [0.2, 0.25) is 0 Å². The lowest BCUT2D eigenvalue weighted by molar-refractivity contribution is 0.0990. The van der Waals surface area contributed by atoms with E-state index in [1.165, 1.54) is 0 Å². The number of carbonyl (C=O) groups excluding carboxylic acids is 1. The fourth-order valence-electron chi connectivity index (χ4n) is 2.43. The van der Waals surface area contributed by atoms with Crippen LogP contribution in [0.5, 0.6) is 0 Å².